The number of carbonyl (C=O) groups excluding carboxylic acids is 2. The van der Waals surface area contributed by atoms with Gasteiger partial charge in [0.2, 0.25) is 5.91 Å². The molecule has 3 heterocycles. The summed E-state index contributed by atoms with van der Waals surface area (Å²) in [4.78, 5) is 31.8. The molecule has 3 aliphatic rings. The van der Waals surface area contributed by atoms with E-state index >= 15 is 0 Å². The van der Waals surface area contributed by atoms with Crippen LogP contribution < -0.4 is 10.7 Å². The number of hydrazine groups is 1. The molecule has 2 amide bonds. The fourth-order valence-electron chi connectivity index (χ4n) is 5.10. The smallest absolute Gasteiger partial charge is 0.263 e. The first-order valence-electron chi connectivity index (χ1n) is 10.7. The molecule has 158 valence electrons. The van der Waals surface area contributed by atoms with Crippen LogP contribution >= 0.6 is 0 Å². The Bertz CT molecular complexity index is 1010. The zero-order chi connectivity index (χ0) is 20.7. The van der Waals surface area contributed by atoms with Crippen molar-refractivity contribution in [1.29, 1.82) is 0 Å². The van der Waals surface area contributed by atoms with Crippen LogP contribution in [0.3, 0.4) is 0 Å². The number of hydrogen-bond donors (Lipinski definition) is 2. The molecule has 1 atom stereocenters. The molecule has 1 saturated heterocycles. The molecule has 1 spiro atoms. The SMILES string of the molecule is CC1=CC(N2CCC3(CCCC3)C2)NN(CC(=O)Nc2ccc3ocnc3c2)C1=O. The van der Waals surface area contributed by atoms with Crippen LogP contribution in [-0.4, -0.2) is 52.5 Å². The highest BCUT2D eigenvalue weighted by Crippen LogP contribution is 2.45. The Morgan fingerprint density at radius 3 is 3.00 bits per heavy atom. The van der Waals surface area contributed by atoms with Gasteiger partial charge in [-0.05, 0) is 55.9 Å². The number of rotatable bonds is 4. The third kappa shape index (κ3) is 3.61. The predicted molar refractivity (Wildman–Crippen MR) is 112 cm³/mol. The maximum absolute atomic E-state index is 12.6. The summed E-state index contributed by atoms with van der Waals surface area (Å²) in [6, 6.07) is 5.27. The summed E-state index contributed by atoms with van der Waals surface area (Å²) in [6.45, 7) is 3.84. The van der Waals surface area contributed by atoms with Crippen molar-refractivity contribution in [3.8, 4) is 0 Å². The average Bonchev–Trinajstić information content (AvgIpc) is 3.47. The highest BCUT2D eigenvalue weighted by molar-refractivity contribution is 5.99. The molecule has 1 aromatic carbocycles. The molecule has 8 nitrogen and oxygen atoms in total. The van der Waals surface area contributed by atoms with Crippen LogP contribution in [0, 0.1) is 5.41 Å². The van der Waals surface area contributed by atoms with Crippen molar-refractivity contribution in [2.24, 2.45) is 5.41 Å². The number of anilines is 1. The van der Waals surface area contributed by atoms with E-state index in [-0.39, 0.29) is 24.5 Å². The number of aromatic nitrogens is 1. The molecular formula is C22H27N5O3. The van der Waals surface area contributed by atoms with Crippen molar-refractivity contribution in [3.05, 3.63) is 36.2 Å². The summed E-state index contributed by atoms with van der Waals surface area (Å²) in [6.07, 6.45) is 9.79. The number of nitrogens with one attached hydrogen (secondary N) is 2. The van der Waals surface area contributed by atoms with E-state index < -0.39 is 0 Å². The van der Waals surface area contributed by atoms with Crippen molar-refractivity contribution in [2.45, 2.75) is 45.2 Å². The van der Waals surface area contributed by atoms with Crippen molar-refractivity contribution < 1.29 is 14.0 Å². The average molecular weight is 409 g/mol. The second kappa shape index (κ2) is 7.52. The van der Waals surface area contributed by atoms with E-state index in [4.69, 9.17) is 4.42 Å². The van der Waals surface area contributed by atoms with Crippen LogP contribution in [0.15, 0.2) is 40.7 Å². The third-order valence-electron chi connectivity index (χ3n) is 6.72. The lowest BCUT2D eigenvalue weighted by molar-refractivity contribution is -0.137. The number of amides is 2. The molecule has 2 aliphatic heterocycles. The van der Waals surface area contributed by atoms with Gasteiger partial charge >= 0.3 is 0 Å². The summed E-state index contributed by atoms with van der Waals surface area (Å²) in [7, 11) is 0. The van der Waals surface area contributed by atoms with Crippen LogP contribution in [0.4, 0.5) is 5.69 Å². The van der Waals surface area contributed by atoms with Crippen molar-refractivity contribution in [2.75, 3.05) is 25.0 Å². The topological polar surface area (TPSA) is 90.7 Å². The fourth-order valence-corrected chi connectivity index (χ4v) is 5.10. The Balaban J connectivity index is 1.24. The van der Waals surface area contributed by atoms with E-state index in [1.54, 1.807) is 18.2 Å². The summed E-state index contributed by atoms with van der Waals surface area (Å²) in [5.41, 5.74) is 6.35. The van der Waals surface area contributed by atoms with Gasteiger partial charge in [-0.1, -0.05) is 12.8 Å². The molecule has 2 N–H and O–H groups in total. The number of benzene rings is 1. The first-order valence-corrected chi connectivity index (χ1v) is 10.7. The standard InChI is InChI=1S/C22H27N5O3/c1-15-10-19(26-9-8-22(13-26)6-2-3-7-22)25-27(21(15)29)12-20(28)24-16-4-5-18-17(11-16)23-14-30-18/h4-5,10-11,14,19,25H,2-3,6-9,12-13H2,1H3,(H,24,28). The fraction of sp³-hybridized carbons (Fsp3) is 0.500. The minimum atomic E-state index is -0.263. The highest BCUT2D eigenvalue weighted by Gasteiger charge is 2.43. The molecule has 1 unspecified atom stereocenters. The molecule has 1 saturated carbocycles. The third-order valence-corrected chi connectivity index (χ3v) is 6.72. The second-order valence-corrected chi connectivity index (χ2v) is 8.83. The first kappa shape index (κ1) is 19.3. The number of likely N-dealkylation sites (tertiary alicyclic amines) is 1. The molecule has 1 aliphatic carbocycles. The van der Waals surface area contributed by atoms with Gasteiger partial charge in [0.25, 0.3) is 5.91 Å². The maximum atomic E-state index is 12.6. The minimum Gasteiger partial charge on any atom is -0.443 e. The van der Waals surface area contributed by atoms with Gasteiger partial charge in [-0.2, -0.15) is 0 Å². The van der Waals surface area contributed by atoms with Gasteiger partial charge in [0.05, 0.1) is 6.17 Å². The lowest BCUT2D eigenvalue weighted by atomic mass is 9.86. The monoisotopic (exact) mass is 409 g/mol. The van der Waals surface area contributed by atoms with Gasteiger partial charge in [0.15, 0.2) is 12.0 Å². The Labute approximate surface area is 175 Å². The highest BCUT2D eigenvalue weighted by atomic mass is 16.3. The van der Waals surface area contributed by atoms with Crippen molar-refractivity contribution >= 4 is 28.6 Å². The summed E-state index contributed by atoms with van der Waals surface area (Å²) in [5, 5.41) is 4.28. The first-order chi connectivity index (χ1) is 14.5. The Morgan fingerprint density at radius 1 is 1.33 bits per heavy atom. The van der Waals surface area contributed by atoms with Gasteiger partial charge in [0.1, 0.15) is 12.1 Å². The van der Waals surface area contributed by atoms with Crippen LogP contribution in [0.1, 0.15) is 39.0 Å². The predicted octanol–water partition coefficient (Wildman–Crippen LogP) is 2.65. The number of fused-ring (bicyclic) bond motifs is 1. The molecule has 2 aromatic rings. The molecule has 5 rings (SSSR count). The molecular weight excluding hydrogens is 382 g/mol. The molecule has 1 aromatic heterocycles. The van der Waals surface area contributed by atoms with Gasteiger partial charge in [-0.25, -0.2) is 10.4 Å². The quantitative estimate of drug-likeness (QED) is 0.807. The van der Waals surface area contributed by atoms with Crippen LogP contribution in [0.5, 0.6) is 0 Å². The Morgan fingerprint density at radius 2 is 2.17 bits per heavy atom. The summed E-state index contributed by atoms with van der Waals surface area (Å²) in [5.74, 6) is -0.427. The Hall–Kier alpha value is -2.71. The zero-order valence-corrected chi connectivity index (χ0v) is 17.2. The zero-order valence-electron chi connectivity index (χ0n) is 17.2. The number of carbonyl (C=O) groups is 2. The molecule has 0 bridgehead atoms. The lowest BCUT2D eigenvalue weighted by Crippen LogP contribution is -2.58. The lowest BCUT2D eigenvalue weighted by Gasteiger charge is -2.37. The van der Waals surface area contributed by atoms with Crippen LogP contribution in [0.2, 0.25) is 0 Å². The van der Waals surface area contributed by atoms with Gasteiger partial charge < -0.3 is 9.73 Å². The molecule has 0 radical (unpaired) electrons. The van der Waals surface area contributed by atoms with Crippen LogP contribution in [0.25, 0.3) is 11.1 Å². The van der Waals surface area contributed by atoms with Crippen molar-refractivity contribution in [3.63, 3.8) is 0 Å². The summed E-state index contributed by atoms with van der Waals surface area (Å²) < 4.78 is 5.22. The van der Waals surface area contributed by atoms with E-state index in [1.807, 2.05) is 13.0 Å². The van der Waals surface area contributed by atoms with Crippen molar-refractivity contribution in [1.82, 2.24) is 20.3 Å². The normalized spacial score (nSPS) is 24.0. The number of hydrogen-bond acceptors (Lipinski definition) is 6. The van der Waals surface area contributed by atoms with Gasteiger partial charge in [-0.15, -0.1) is 0 Å². The van der Waals surface area contributed by atoms with E-state index in [0.717, 1.165) is 13.1 Å². The van der Waals surface area contributed by atoms with E-state index in [1.165, 1.54) is 43.5 Å². The van der Waals surface area contributed by atoms with Gasteiger partial charge in [0, 0.05) is 24.4 Å². The number of oxazole rings is 1. The van der Waals surface area contributed by atoms with E-state index in [2.05, 4.69) is 20.6 Å². The minimum absolute atomic E-state index is 0.0537. The second-order valence-electron chi connectivity index (χ2n) is 8.83. The molecule has 2 fully saturated rings. The number of nitrogens with zero attached hydrogens (tertiary/aromatic N) is 3. The van der Waals surface area contributed by atoms with E-state index in [0.29, 0.717) is 27.8 Å². The Kier molecular flexibility index (Phi) is 4.83. The maximum Gasteiger partial charge on any atom is 0.263 e. The molecule has 30 heavy (non-hydrogen) atoms. The summed E-state index contributed by atoms with van der Waals surface area (Å²) >= 11 is 0. The van der Waals surface area contributed by atoms with Crippen LogP contribution in [-0.2, 0) is 9.59 Å². The largest absolute Gasteiger partial charge is 0.443 e. The van der Waals surface area contributed by atoms with Gasteiger partial charge in [-0.3, -0.25) is 19.5 Å². The molecule has 8 heteroatoms. The van der Waals surface area contributed by atoms with E-state index in [9.17, 15) is 9.59 Å².